The molecule has 7 nitrogen and oxygen atoms in total. The molecule has 34 heavy (non-hydrogen) atoms. The SMILES string of the molecule is O=C(/C=C/Cn1ccnc1)N1CCc2ccc(Oc3ccc(C(F)(F)F)cc3)cc2C1.O=CO. The Morgan fingerprint density at radius 2 is 1.82 bits per heavy atom. The molecule has 2 heterocycles. The van der Waals surface area contributed by atoms with Gasteiger partial charge >= 0.3 is 6.18 Å². The molecule has 0 spiro atoms. The van der Waals surface area contributed by atoms with Gasteiger partial charge in [-0.3, -0.25) is 9.59 Å². The average Bonchev–Trinajstić information content (AvgIpc) is 3.32. The van der Waals surface area contributed by atoms with Gasteiger partial charge in [-0.15, -0.1) is 0 Å². The van der Waals surface area contributed by atoms with Crippen molar-refractivity contribution < 1.29 is 32.6 Å². The number of imidazole rings is 1. The third kappa shape index (κ3) is 6.71. The van der Waals surface area contributed by atoms with Crippen molar-refractivity contribution in [3.63, 3.8) is 0 Å². The van der Waals surface area contributed by atoms with Crippen LogP contribution < -0.4 is 4.74 Å². The summed E-state index contributed by atoms with van der Waals surface area (Å²) in [5.74, 6) is 0.766. The Kier molecular flexibility index (Phi) is 8.07. The van der Waals surface area contributed by atoms with Crippen molar-refractivity contribution >= 4 is 12.4 Å². The minimum Gasteiger partial charge on any atom is -0.483 e. The molecule has 10 heteroatoms. The fourth-order valence-electron chi connectivity index (χ4n) is 3.41. The van der Waals surface area contributed by atoms with Gasteiger partial charge in [-0.1, -0.05) is 12.1 Å². The number of nitrogens with zero attached hydrogens (tertiary/aromatic N) is 3. The van der Waals surface area contributed by atoms with Crippen molar-refractivity contribution in [3.8, 4) is 11.5 Å². The van der Waals surface area contributed by atoms with Crippen molar-refractivity contribution in [1.82, 2.24) is 14.5 Å². The van der Waals surface area contributed by atoms with Crippen LogP contribution in [0.4, 0.5) is 13.2 Å². The molecule has 1 aromatic heterocycles. The number of carboxylic acid groups (broad SMARTS) is 1. The summed E-state index contributed by atoms with van der Waals surface area (Å²) in [5, 5.41) is 6.89. The predicted octanol–water partition coefficient (Wildman–Crippen LogP) is 4.54. The van der Waals surface area contributed by atoms with Gasteiger partial charge in [0.25, 0.3) is 6.47 Å². The van der Waals surface area contributed by atoms with Gasteiger partial charge in [0, 0.05) is 38.1 Å². The minimum atomic E-state index is -4.38. The molecule has 0 aliphatic carbocycles. The molecule has 1 N–H and O–H groups in total. The number of hydrogen-bond acceptors (Lipinski definition) is 4. The molecule has 0 saturated carbocycles. The van der Waals surface area contributed by atoms with E-state index in [1.165, 1.54) is 12.1 Å². The molecule has 0 radical (unpaired) electrons. The van der Waals surface area contributed by atoms with E-state index in [-0.39, 0.29) is 12.4 Å². The molecule has 0 saturated heterocycles. The van der Waals surface area contributed by atoms with Gasteiger partial charge in [-0.25, -0.2) is 4.98 Å². The maximum Gasteiger partial charge on any atom is 0.416 e. The zero-order valence-electron chi connectivity index (χ0n) is 18.0. The molecule has 178 valence electrons. The molecule has 4 rings (SSSR count). The molecule has 1 aliphatic heterocycles. The van der Waals surface area contributed by atoms with Gasteiger partial charge in [0.15, 0.2) is 0 Å². The van der Waals surface area contributed by atoms with Gasteiger partial charge < -0.3 is 19.3 Å². The lowest BCUT2D eigenvalue weighted by atomic mass is 9.99. The van der Waals surface area contributed by atoms with Crippen LogP contribution in [0.5, 0.6) is 11.5 Å². The van der Waals surface area contributed by atoms with E-state index in [0.29, 0.717) is 31.1 Å². The number of rotatable bonds is 5. The Labute approximate surface area is 193 Å². The first-order valence-corrected chi connectivity index (χ1v) is 10.3. The summed E-state index contributed by atoms with van der Waals surface area (Å²) in [5.41, 5.74) is 1.37. The van der Waals surface area contributed by atoms with Crippen molar-refractivity contribution in [1.29, 1.82) is 0 Å². The van der Waals surface area contributed by atoms with E-state index in [4.69, 9.17) is 14.6 Å². The highest BCUT2D eigenvalue weighted by molar-refractivity contribution is 5.87. The summed E-state index contributed by atoms with van der Waals surface area (Å²) in [6, 6.07) is 10.1. The maximum atomic E-state index is 12.7. The number of halogens is 3. The van der Waals surface area contributed by atoms with Gasteiger partial charge in [0.05, 0.1) is 11.9 Å². The molecule has 1 aliphatic rings. The molecule has 0 fully saturated rings. The van der Waals surface area contributed by atoms with Gasteiger partial charge in [-0.2, -0.15) is 13.2 Å². The molecule has 2 aromatic carbocycles. The average molecular weight is 473 g/mol. The summed E-state index contributed by atoms with van der Waals surface area (Å²) < 4.78 is 45.7. The second-order valence-corrected chi connectivity index (χ2v) is 7.33. The van der Waals surface area contributed by atoms with Crippen LogP contribution in [0.2, 0.25) is 0 Å². The van der Waals surface area contributed by atoms with Crippen LogP contribution in [-0.4, -0.2) is 38.5 Å². The van der Waals surface area contributed by atoms with E-state index >= 15 is 0 Å². The summed E-state index contributed by atoms with van der Waals surface area (Å²) in [4.78, 5) is 26.6. The fraction of sp³-hybridized carbons (Fsp3) is 0.208. The first-order chi connectivity index (χ1) is 16.3. The number of fused-ring (bicyclic) bond motifs is 1. The Hall–Kier alpha value is -4.08. The van der Waals surface area contributed by atoms with Crippen LogP contribution >= 0.6 is 0 Å². The predicted molar refractivity (Wildman–Crippen MR) is 117 cm³/mol. The smallest absolute Gasteiger partial charge is 0.416 e. The van der Waals surface area contributed by atoms with Gasteiger partial charge in [0.2, 0.25) is 5.91 Å². The first kappa shape index (κ1) is 24.6. The monoisotopic (exact) mass is 473 g/mol. The summed E-state index contributed by atoms with van der Waals surface area (Å²) >= 11 is 0. The van der Waals surface area contributed by atoms with Crippen LogP contribution in [0, 0.1) is 0 Å². The lowest BCUT2D eigenvalue weighted by Gasteiger charge is -2.28. The van der Waals surface area contributed by atoms with E-state index in [1.54, 1.807) is 35.6 Å². The van der Waals surface area contributed by atoms with E-state index < -0.39 is 11.7 Å². The lowest BCUT2D eigenvalue weighted by Crippen LogP contribution is -2.34. The first-order valence-electron chi connectivity index (χ1n) is 10.3. The summed E-state index contributed by atoms with van der Waals surface area (Å²) in [6.07, 6.45) is 4.90. The van der Waals surface area contributed by atoms with Crippen LogP contribution in [0.15, 0.2) is 73.3 Å². The number of carbonyl (C=O) groups excluding carboxylic acids is 1. The highest BCUT2D eigenvalue weighted by Gasteiger charge is 2.30. The Morgan fingerprint density at radius 1 is 1.12 bits per heavy atom. The van der Waals surface area contributed by atoms with Crippen LogP contribution in [0.25, 0.3) is 0 Å². The highest BCUT2D eigenvalue weighted by atomic mass is 19.4. The highest BCUT2D eigenvalue weighted by Crippen LogP contribution is 2.32. The third-order valence-corrected chi connectivity index (χ3v) is 5.05. The van der Waals surface area contributed by atoms with Crippen LogP contribution in [-0.2, 0) is 35.3 Å². The molecule has 0 atom stereocenters. The van der Waals surface area contributed by atoms with E-state index in [1.807, 2.05) is 22.9 Å². The van der Waals surface area contributed by atoms with Gasteiger partial charge in [-0.05, 0) is 53.9 Å². The number of alkyl halides is 3. The van der Waals surface area contributed by atoms with Crippen molar-refractivity contribution in [2.45, 2.75) is 25.7 Å². The number of benzene rings is 2. The number of aromatic nitrogens is 2. The molecule has 0 unspecified atom stereocenters. The molecule has 3 aromatic rings. The number of hydrogen-bond donors (Lipinski definition) is 1. The largest absolute Gasteiger partial charge is 0.483 e. The second-order valence-electron chi connectivity index (χ2n) is 7.33. The molecular weight excluding hydrogens is 451 g/mol. The van der Waals surface area contributed by atoms with E-state index in [0.717, 1.165) is 29.7 Å². The Bertz CT molecular complexity index is 1130. The second kappa shape index (κ2) is 11.2. The summed E-state index contributed by atoms with van der Waals surface area (Å²) in [6.45, 7) is 1.40. The Balaban J connectivity index is 0.00000103. The van der Waals surface area contributed by atoms with E-state index in [2.05, 4.69) is 4.98 Å². The van der Waals surface area contributed by atoms with Crippen molar-refractivity contribution in [3.05, 3.63) is 90.0 Å². The van der Waals surface area contributed by atoms with Gasteiger partial charge in [0.1, 0.15) is 11.5 Å². The van der Waals surface area contributed by atoms with Crippen molar-refractivity contribution in [2.75, 3.05) is 6.54 Å². The maximum absolute atomic E-state index is 12.7. The molecular formula is C24H22F3N3O4. The Morgan fingerprint density at radius 3 is 2.47 bits per heavy atom. The zero-order chi connectivity index (χ0) is 24.6. The topological polar surface area (TPSA) is 84.7 Å². The number of ether oxygens (including phenoxy) is 1. The molecule has 0 bridgehead atoms. The molecule has 1 amide bonds. The fourth-order valence-corrected chi connectivity index (χ4v) is 3.41. The normalized spacial score (nSPS) is 13.1. The van der Waals surface area contributed by atoms with Crippen LogP contribution in [0.3, 0.4) is 0 Å². The number of carbonyl (C=O) groups is 2. The third-order valence-electron chi connectivity index (χ3n) is 5.05. The summed E-state index contributed by atoms with van der Waals surface area (Å²) in [7, 11) is 0. The zero-order valence-corrected chi connectivity index (χ0v) is 18.0. The lowest BCUT2D eigenvalue weighted by molar-refractivity contribution is -0.137. The standard InChI is InChI=1S/C23H20F3N3O2.CH2O2/c24-23(25,26)19-4-7-20(8-5-19)31-21-6-3-17-9-12-29(15-18(17)14-21)22(30)2-1-11-28-13-10-27-16-28;2-1-3/h1-8,10,13-14,16H,9,11-12,15H2;1H,(H,2,3)/b2-1+;. The number of amides is 1. The number of allylic oxidation sites excluding steroid dienone is 1. The van der Waals surface area contributed by atoms with Crippen LogP contribution in [0.1, 0.15) is 16.7 Å². The van der Waals surface area contributed by atoms with Crippen molar-refractivity contribution in [2.24, 2.45) is 0 Å². The minimum absolute atomic E-state index is 0.0696. The quantitative estimate of drug-likeness (QED) is 0.435. The van der Waals surface area contributed by atoms with E-state index in [9.17, 15) is 18.0 Å².